The van der Waals surface area contributed by atoms with E-state index in [-0.39, 0.29) is 5.91 Å². The quantitative estimate of drug-likeness (QED) is 0.705. The normalized spacial score (nSPS) is 15.8. The van der Waals surface area contributed by atoms with Crippen molar-refractivity contribution in [1.82, 2.24) is 15.0 Å². The Labute approximate surface area is 156 Å². The van der Waals surface area contributed by atoms with Gasteiger partial charge in [-0.2, -0.15) is 0 Å². The van der Waals surface area contributed by atoms with Crippen LogP contribution in [0.4, 0.5) is 0 Å². The number of hydrogen-bond acceptors (Lipinski definition) is 5. The predicted octanol–water partition coefficient (Wildman–Crippen LogP) is 3.75. The third-order valence-corrected chi connectivity index (χ3v) is 5.54. The number of aromatic nitrogens is 1. The van der Waals surface area contributed by atoms with Crippen LogP contribution in [0.1, 0.15) is 21.7 Å². The number of amides is 1. The van der Waals surface area contributed by atoms with Gasteiger partial charge in [0.1, 0.15) is 17.5 Å². The molecule has 1 amide bonds. The van der Waals surface area contributed by atoms with E-state index in [0.717, 1.165) is 44.7 Å². The maximum absolute atomic E-state index is 13.0. The summed E-state index contributed by atoms with van der Waals surface area (Å²) in [7, 11) is 0. The van der Waals surface area contributed by atoms with Crippen LogP contribution in [0.2, 0.25) is 0 Å². The van der Waals surface area contributed by atoms with Crippen molar-refractivity contribution in [1.29, 1.82) is 0 Å². The summed E-state index contributed by atoms with van der Waals surface area (Å²) in [6.07, 6.45) is 2.45. The van der Waals surface area contributed by atoms with Crippen molar-refractivity contribution in [3.05, 3.63) is 64.5 Å². The fourth-order valence-corrected chi connectivity index (χ4v) is 4.06. The summed E-state index contributed by atoms with van der Waals surface area (Å²) in [5, 5.41) is 6.17. The van der Waals surface area contributed by atoms with Crippen LogP contribution in [-0.4, -0.2) is 47.0 Å². The first-order chi connectivity index (χ1) is 12.8. The van der Waals surface area contributed by atoms with Crippen LogP contribution in [0.15, 0.2) is 58.6 Å². The van der Waals surface area contributed by atoms with Crippen molar-refractivity contribution in [3.8, 4) is 11.3 Å². The molecule has 6 heteroatoms. The van der Waals surface area contributed by atoms with Gasteiger partial charge in [-0.05, 0) is 17.9 Å². The van der Waals surface area contributed by atoms with Crippen molar-refractivity contribution in [3.63, 3.8) is 0 Å². The van der Waals surface area contributed by atoms with Gasteiger partial charge in [-0.15, -0.1) is 11.3 Å². The molecule has 1 aliphatic rings. The Morgan fingerprint density at radius 1 is 1.08 bits per heavy atom. The van der Waals surface area contributed by atoms with Crippen molar-refractivity contribution in [2.24, 2.45) is 0 Å². The van der Waals surface area contributed by atoms with Gasteiger partial charge in [-0.1, -0.05) is 41.6 Å². The van der Waals surface area contributed by atoms with Crippen molar-refractivity contribution in [2.45, 2.75) is 13.0 Å². The van der Waals surface area contributed by atoms with E-state index in [1.807, 2.05) is 35.2 Å². The van der Waals surface area contributed by atoms with Gasteiger partial charge in [-0.3, -0.25) is 9.69 Å². The molecule has 1 aromatic carbocycles. The molecule has 0 N–H and O–H groups in total. The largest absolute Gasteiger partial charge is 0.363 e. The molecule has 0 unspecified atom stereocenters. The first-order valence-electron chi connectivity index (χ1n) is 8.85. The van der Waals surface area contributed by atoms with Crippen molar-refractivity contribution in [2.75, 3.05) is 26.2 Å². The molecule has 0 spiro atoms. The van der Waals surface area contributed by atoms with Gasteiger partial charge in [0.2, 0.25) is 0 Å². The van der Waals surface area contributed by atoms with E-state index in [2.05, 4.69) is 27.6 Å². The molecule has 1 aliphatic heterocycles. The highest BCUT2D eigenvalue weighted by Gasteiger charge is 2.25. The number of thiophene rings is 1. The molecule has 0 atom stereocenters. The van der Waals surface area contributed by atoms with Gasteiger partial charge in [0.25, 0.3) is 5.91 Å². The van der Waals surface area contributed by atoms with E-state index in [4.69, 9.17) is 4.52 Å². The highest BCUT2D eigenvalue weighted by atomic mass is 32.1. The molecule has 0 aliphatic carbocycles. The summed E-state index contributed by atoms with van der Waals surface area (Å²) in [5.41, 5.74) is 2.07. The molecule has 1 saturated heterocycles. The molecule has 0 bridgehead atoms. The summed E-state index contributed by atoms with van der Waals surface area (Å²) in [4.78, 5) is 18.8. The van der Waals surface area contributed by atoms with Crippen LogP contribution < -0.4 is 0 Å². The zero-order valence-electron chi connectivity index (χ0n) is 14.5. The number of hydrogen-bond donors (Lipinski definition) is 0. The first kappa shape index (κ1) is 17.0. The Balaban J connectivity index is 1.45. The third-order valence-electron chi connectivity index (χ3n) is 4.68. The topological polar surface area (TPSA) is 49.6 Å². The second-order valence-corrected chi connectivity index (χ2v) is 7.48. The zero-order chi connectivity index (χ0) is 17.8. The molecular weight excluding hydrogens is 346 g/mol. The summed E-state index contributed by atoms with van der Waals surface area (Å²) in [6, 6.07) is 14.0. The number of carbonyl (C=O) groups excluding carboxylic acids is 1. The van der Waals surface area contributed by atoms with E-state index >= 15 is 0 Å². The maximum Gasteiger partial charge on any atom is 0.259 e. The number of carbonyl (C=O) groups is 1. The fraction of sp³-hybridized carbons (Fsp3) is 0.300. The summed E-state index contributed by atoms with van der Waals surface area (Å²) < 4.78 is 5.13. The molecule has 3 aromatic rings. The number of nitrogens with zero attached hydrogens (tertiary/aromatic N) is 3. The maximum atomic E-state index is 13.0. The average Bonchev–Trinajstić information content (AvgIpc) is 3.31. The Hall–Kier alpha value is -2.44. The zero-order valence-corrected chi connectivity index (χ0v) is 15.3. The van der Waals surface area contributed by atoms with Crippen LogP contribution in [0.25, 0.3) is 11.3 Å². The lowest BCUT2D eigenvalue weighted by atomic mass is 10.1. The van der Waals surface area contributed by atoms with Gasteiger partial charge in [0, 0.05) is 43.2 Å². The summed E-state index contributed by atoms with van der Waals surface area (Å²) in [6.45, 7) is 4.34. The van der Waals surface area contributed by atoms with Crippen LogP contribution in [0.3, 0.4) is 0 Å². The van der Waals surface area contributed by atoms with Crippen LogP contribution in [0.5, 0.6) is 0 Å². The van der Waals surface area contributed by atoms with E-state index in [1.54, 1.807) is 11.3 Å². The number of benzene rings is 1. The SMILES string of the molecule is O=C(c1conc1-c1ccccc1)N1CCCN(Cc2cccs2)CC1. The van der Waals surface area contributed by atoms with Gasteiger partial charge in [0.05, 0.1) is 0 Å². The van der Waals surface area contributed by atoms with Crippen LogP contribution in [-0.2, 0) is 6.54 Å². The Kier molecular flexibility index (Phi) is 5.13. The molecule has 26 heavy (non-hydrogen) atoms. The highest BCUT2D eigenvalue weighted by Crippen LogP contribution is 2.23. The second-order valence-electron chi connectivity index (χ2n) is 6.44. The van der Waals surface area contributed by atoms with Crippen LogP contribution in [0, 0.1) is 0 Å². The summed E-state index contributed by atoms with van der Waals surface area (Å²) >= 11 is 1.79. The summed E-state index contributed by atoms with van der Waals surface area (Å²) in [5.74, 6) is 0.00285. The van der Waals surface area contributed by atoms with Gasteiger partial charge in [-0.25, -0.2) is 0 Å². The minimum absolute atomic E-state index is 0.00285. The monoisotopic (exact) mass is 367 g/mol. The van der Waals surface area contributed by atoms with Crippen LogP contribution >= 0.6 is 11.3 Å². The predicted molar refractivity (Wildman–Crippen MR) is 102 cm³/mol. The molecule has 2 aromatic heterocycles. The molecule has 0 saturated carbocycles. The average molecular weight is 367 g/mol. The van der Waals surface area contributed by atoms with E-state index in [0.29, 0.717) is 11.3 Å². The Morgan fingerprint density at radius 3 is 2.77 bits per heavy atom. The lowest BCUT2D eigenvalue weighted by molar-refractivity contribution is 0.0761. The smallest absolute Gasteiger partial charge is 0.259 e. The minimum Gasteiger partial charge on any atom is -0.363 e. The van der Waals surface area contributed by atoms with Crippen molar-refractivity contribution >= 4 is 17.2 Å². The third kappa shape index (κ3) is 3.71. The molecule has 3 heterocycles. The molecule has 5 nitrogen and oxygen atoms in total. The highest BCUT2D eigenvalue weighted by molar-refractivity contribution is 7.09. The van der Waals surface area contributed by atoms with Crippen molar-refractivity contribution < 1.29 is 9.32 Å². The van der Waals surface area contributed by atoms with E-state index in [1.165, 1.54) is 11.1 Å². The van der Waals surface area contributed by atoms with Gasteiger partial charge >= 0.3 is 0 Å². The fourth-order valence-electron chi connectivity index (χ4n) is 3.32. The molecule has 1 fully saturated rings. The molecular formula is C20H21N3O2S. The molecule has 134 valence electrons. The van der Waals surface area contributed by atoms with Gasteiger partial charge < -0.3 is 9.42 Å². The lowest BCUT2D eigenvalue weighted by Crippen LogP contribution is -2.35. The van der Waals surface area contributed by atoms with E-state index < -0.39 is 0 Å². The molecule has 4 rings (SSSR count). The van der Waals surface area contributed by atoms with E-state index in [9.17, 15) is 4.79 Å². The molecule has 0 radical (unpaired) electrons. The van der Waals surface area contributed by atoms with Gasteiger partial charge in [0.15, 0.2) is 0 Å². The Morgan fingerprint density at radius 2 is 1.96 bits per heavy atom. The second kappa shape index (κ2) is 7.85. The first-order valence-corrected chi connectivity index (χ1v) is 9.73. The minimum atomic E-state index is 0.00285. The standard InChI is InChI=1S/C20H21N3O2S/c24-20(18-15-25-21-19(18)16-6-2-1-3-7-16)23-10-5-9-22(11-12-23)14-17-8-4-13-26-17/h1-4,6-8,13,15H,5,9-12,14H2. The number of rotatable bonds is 4. The Bertz CT molecular complexity index is 845. The lowest BCUT2D eigenvalue weighted by Gasteiger charge is -2.21.